The molecule has 1 N–H and O–H groups in total. The molecule has 1 aromatic carbocycles. The smallest absolute Gasteiger partial charge is 0.245 e. The van der Waals surface area contributed by atoms with Crippen LogP contribution < -0.4 is 5.32 Å². The summed E-state index contributed by atoms with van der Waals surface area (Å²) in [7, 11) is 0. The summed E-state index contributed by atoms with van der Waals surface area (Å²) in [4.78, 5) is 16.5. The van der Waals surface area contributed by atoms with Crippen LogP contribution in [0.5, 0.6) is 0 Å². The number of hydrogen-bond acceptors (Lipinski definition) is 3. The van der Waals surface area contributed by atoms with Crippen LogP contribution in [0.3, 0.4) is 0 Å². The highest BCUT2D eigenvalue weighted by Crippen LogP contribution is 2.36. The van der Waals surface area contributed by atoms with Gasteiger partial charge in [0.2, 0.25) is 5.91 Å². The Balaban J connectivity index is 1.78. The van der Waals surface area contributed by atoms with Gasteiger partial charge in [-0.1, -0.05) is 25.0 Å². The van der Waals surface area contributed by atoms with E-state index in [0.29, 0.717) is 5.92 Å². The van der Waals surface area contributed by atoms with E-state index in [0.717, 1.165) is 18.4 Å². The zero-order chi connectivity index (χ0) is 16.2. The van der Waals surface area contributed by atoms with Gasteiger partial charge in [-0.05, 0) is 43.4 Å². The van der Waals surface area contributed by atoms with Crippen molar-refractivity contribution in [2.75, 3.05) is 0 Å². The van der Waals surface area contributed by atoms with Crippen LogP contribution in [-0.4, -0.2) is 20.7 Å². The van der Waals surface area contributed by atoms with E-state index in [1.807, 2.05) is 0 Å². The van der Waals surface area contributed by atoms with Gasteiger partial charge < -0.3 is 5.32 Å². The molecule has 0 saturated heterocycles. The Hall–Kier alpha value is -2.24. The SMILES string of the molecule is C[C@H](C(=O)N[C@H](c1ccc(F)cc1)C1CCCC1)n1cncn1. The Kier molecular flexibility index (Phi) is 4.69. The van der Waals surface area contributed by atoms with Crippen molar-refractivity contribution < 1.29 is 9.18 Å². The highest BCUT2D eigenvalue weighted by Gasteiger charge is 2.29. The van der Waals surface area contributed by atoms with Crippen LogP contribution in [0.4, 0.5) is 4.39 Å². The summed E-state index contributed by atoms with van der Waals surface area (Å²) in [5, 5.41) is 7.15. The molecule has 1 aliphatic carbocycles. The lowest BCUT2D eigenvalue weighted by atomic mass is 9.91. The van der Waals surface area contributed by atoms with Crippen molar-refractivity contribution in [3.63, 3.8) is 0 Å². The lowest BCUT2D eigenvalue weighted by molar-refractivity contribution is -0.125. The third kappa shape index (κ3) is 3.57. The molecule has 0 unspecified atom stereocenters. The number of nitrogens with one attached hydrogen (secondary N) is 1. The molecule has 122 valence electrons. The molecule has 3 rings (SSSR count). The number of rotatable bonds is 5. The van der Waals surface area contributed by atoms with Crippen LogP contribution in [0.25, 0.3) is 0 Å². The highest BCUT2D eigenvalue weighted by atomic mass is 19.1. The van der Waals surface area contributed by atoms with E-state index in [9.17, 15) is 9.18 Å². The van der Waals surface area contributed by atoms with Crippen molar-refractivity contribution in [1.29, 1.82) is 0 Å². The first kappa shape index (κ1) is 15.6. The number of carbonyl (C=O) groups is 1. The summed E-state index contributed by atoms with van der Waals surface area (Å²) in [6, 6.07) is 5.91. The second-order valence-corrected chi connectivity index (χ2v) is 6.13. The average Bonchev–Trinajstić information content (AvgIpc) is 3.26. The van der Waals surface area contributed by atoms with Gasteiger partial charge in [-0.15, -0.1) is 0 Å². The number of hydrogen-bond donors (Lipinski definition) is 1. The van der Waals surface area contributed by atoms with Crippen LogP contribution >= 0.6 is 0 Å². The fourth-order valence-electron chi connectivity index (χ4n) is 3.25. The fraction of sp³-hybridized carbons (Fsp3) is 0.471. The Morgan fingerprint density at radius 2 is 2.00 bits per heavy atom. The van der Waals surface area contributed by atoms with Gasteiger partial charge in [0.05, 0.1) is 6.04 Å². The van der Waals surface area contributed by atoms with Crippen molar-refractivity contribution in [2.45, 2.75) is 44.7 Å². The zero-order valence-corrected chi connectivity index (χ0v) is 13.2. The van der Waals surface area contributed by atoms with E-state index in [4.69, 9.17) is 0 Å². The van der Waals surface area contributed by atoms with Crippen molar-refractivity contribution >= 4 is 5.91 Å². The summed E-state index contributed by atoms with van der Waals surface area (Å²) < 4.78 is 14.7. The van der Waals surface area contributed by atoms with Gasteiger partial charge >= 0.3 is 0 Å². The van der Waals surface area contributed by atoms with Gasteiger partial charge in [-0.3, -0.25) is 4.79 Å². The third-order valence-electron chi connectivity index (χ3n) is 4.61. The second kappa shape index (κ2) is 6.89. The molecular formula is C17H21FN4O. The predicted molar refractivity (Wildman–Crippen MR) is 84.0 cm³/mol. The lowest BCUT2D eigenvalue weighted by Gasteiger charge is -2.26. The first-order valence-electron chi connectivity index (χ1n) is 8.05. The van der Waals surface area contributed by atoms with Crippen molar-refractivity contribution in [3.8, 4) is 0 Å². The molecule has 1 saturated carbocycles. The highest BCUT2D eigenvalue weighted by molar-refractivity contribution is 5.80. The summed E-state index contributed by atoms with van der Waals surface area (Å²) in [5.74, 6) is 0.0327. The first-order valence-corrected chi connectivity index (χ1v) is 8.05. The summed E-state index contributed by atoms with van der Waals surface area (Å²) in [6.45, 7) is 1.79. The van der Waals surface area contributed by atoms with Crippen LogP contribution in [0, 0.1) is 11.7 Å². The lowest BCUT2D eigenvalue weighted by Crippen LogP contribution is -2.37. The van der Waals surface area contributed by atoms with Crippen LogP contribution in [0.2, 0.25) is 0 Å². The maximum absolute atomic E-state index is 13.2. The van der Waals surface area contributed by atoms with E-state index in [2.05, 4.69) is 15.4 Å². The standard InChI is InChI=1S/C17H21FN4O/c1-12(22-11-19-10-20-22)17(23)21-16(13-4-2-3-5-13)14-6-8-15(18)9-7-14/h6-13,16H,2-5H2,1H3,(H,21,23)/t12-,16+/m1/s1. The molecule has 0 radical (unpaired) electrons. The van der Waals surface area contributed by atoms with Gasteiger partial charge in [0.25, 0.3) is 0 Å². The molecule has 1 fully saturated rings. The largest absolute Gasteiger partial charge is 0.347 e. The Bertz CT molecular complexity index is 635. The molecule has 1 aromatic heterocycles. The van der Waals surface area contributed by atoms with Crippen molar-refractivity contribution in [3.05, 3.63) is 48.3 Å². The summed E-state index contributed by atoms with van der Waals surface area (Å²) in [5.41, 5.74) is 0.956. The number of nitrogens with zero attached hydrogens (tertiary/aromatic N) is 3. The molecule has 2 aromatic rings. The number of carbonyl (C=O) groups excluding carboxylic acids is 1. The van der Waals surface area contributed by atoms with Crippen LogP contribution in [-0.2, 0) is 4.79 Å². The number of aromatic nitrogens is 3. The topological polar surface area (TPSA) is 59.8 Å². The van der Waals surface area contributed by atoms with Crippen LogP contribution in [0.15, 0.2) is 36.9 Å². The quantitative estimate of drug-likeness (QED) is 0.922. The van der Waals surface area contributed by atoms with E-state index < -0.39 is 6.04 Å². The van der Waals surface area contributed by atoms with E-state index >= 15 is 0 Å². The molecule has 0 aliphatic heterocycles. The summed E-state index contributed by atoms with van der Waals surface area (Å²) in [6.07, 6.45) is 7.47. The number of benzene rings is 1. The van der Waals surface area contributed by atoms with E-state index in [1.165, 1.54) is 42.3 Å². The summed E-state index contributed by atoms with van der Waals surface area (Å²) >= 11 is 0. The monoisotopic (exact) mass is 316 g/mol. The zero-order valence-electron chi connectivity index (χ0n) is 13.2. The molecule has 2 atom stereocenters. The minimum Gasteiger partial charge on any atom is -0.347 e. The second-order valence-electron chi connectivity index (χ2n) is 6.13. The van der Waals surface area contributed by atoms with Gasteiger partial charge in [0.15, 0.2) is 0 Å². The molecular weight excluding hydrogens is 295 g/mol. The minimum absolute atomic E-state index is 0.0865. The first-order chi connectivity index (χ1) is 11.1. The molecule has 23 heavy (non-hydrogen) atoms. The minimum atomic E-state index is -0.429. The van der Waals surface area contributed by atoms with E-state index in [1.54, 1.807) is 19.1 Å². The predicted octanol–water partition coefficient (Wildman–Crippen LogP) is 3.03. The Labute approximate surface area is 134 Å². The molecule has 1 aliphatic rings. The Morgan fingerprint density at radius 3 is 2.61 bits per heavy atom. The van der Waals surface area contributed by atoms with Crippen molar-refractivity contribution in [1.82, 2.24) is 20.1 Å². The third-order valence-corrected chi connectivity index (χ3v) is 4.61. The normalized spacial score (nSPS) is 17.8. The average molecular weight is 316 g/mol. The van der Waals surface area contributed by atoms with E-state index in [-0.39, 0.29) is 17.8 Å². The van der Waals surface area contributed by atoms with Crippen molar-refractivity contribution in [2.24, 2.45) is 5.92 Å². The number of amides is 1. The fourth-order valence-corrected chi connectivity index (χ4v) is 3.25. The van der Waals surface area contributed by atoms with Gasteiger partial charge in [0, 0.05) is 0 Å². The Morgan fingerprint density at radius 1 is 1.30 bits per heavy atom. The molecule has 0 bridgehead atoms. The number of halogens is 1. The molecule has 6 heteroatoms. The van der Waals surface area contributed by atoms with Crippen LogP contribution in [0.1, 0.15) is 50.3 Å². The van der Waals surface area contributed by atoms with Gasteiger partial charge in [0.1, 0.15) is 24.5 Å². The van der Waals surface area contributed by atoms with Gasteiger partial charge in [-0.2, -0.15) is 5.10 Å². The van der Waals surface area contributed by atoms with Gasteiger partial charge in [-0.25, -0.2) is 14.1 Å². The molecule has 1 amide bonds. The maximum Gasteiger partial charge on any atom is 0.245 e. The molecule has 5 nitrogen and oxygen atoms in total. The molecule has 1 heterocycles. The molecule has 0 spiro atoms. The maximum atomic E-state index is 13.2.